The Morgan fingerprint density at radius 1 is 0.802 bits per heavy atom. The molecule has 2 bridgehead atoms. The highest BCUT2D eigenvalue weighted by Gasteiger charge is 2.63. The van der Waals surface area contributed by atoms with Crippen molar-refractivity contribution in [1.82, 2.24) is 46.0 Å². The van der Waals surface area contributed by atoms with Crippen LogP contribution in [0, 0.1) is 5.92 Å². The lowest BCUT2D eigenvalue weighted by molar-refractivity contribution is -0.138. The number of carbonyl (C=O) groups excluding carboxylic acids is 8. The highest BCUT2D eigenvalue weighted by atomic mass is 32.2. The molecule has 0 spiro atoms. The molecule has 3 aliphatic rings. The zero-order valence-electron chi connectivity index (χ0n) is 49.9. The largest absolute Gasteiger partial charge is 0.445 e. The van der Waals surface area contributed by atoms with Gasteiger partial charge in [0.1, 0.15) is 30.0 Å². The van der Waals surface area contributed by atoms with E-state index in [4.69, 9.17) is 21.2 Å². The molecule has 5 aromatic rings. The summed E-state index contributed by atoms with van der Waals surface area (Å²) in [6.45, 7) is 11.2. The number of ether oxygens (including phenoxy) is 1. The van der Waals surface area contributed by atoms with Crippen LogP contribution in [0.25, 0.3) is 21.9 Å². The summed E-state index contributed by atoms with van der Waals surface area (Å²) in [6.07, 6.45) is 5.77. The highest BCUT2D eigenvalue weighted by molar-refractivity contribution is 8.00. The number of amides is 8. The van der Waals surface area contributed by atoms with Gasteiger partial charge in [-0.1, -0.05) is 112 Å². The van der Waals surface area contributed by atoms with Gasteiger partial charge in [-0.25, -0.2) is 19.6 Å². The quantitative estimate of drug-likeness (QED) is 0.0170. The third-order valence-electron chi connectivity index (χ3n) is 16.7. The van der Waals surface area contributed by atoms with Gasteiger partial charge in [0, 0.05) is 62.3 Å². The molecule has 0 saturated carbocycles. The maximum absolute atomic E-state index is 14.1. The minimum absolute atomic E-state index is 0.0170. The second-order valence-corrected chi connectivity index (χ2v) is 24.3. The monoisotopic (exact) mass is 1190 g/mol. The second-order valence-electron chi connectivity index (χ2n) is 23.1. The topological polar surface area (TPSA) is 304 Å². The van der Waals surface area contributed by atoms with Gasteiger partial charge in [0.05, 0.1) is 33.3 Å². The number of Topliss-reactive ketones (excluding diaryl/α,β-unsaturated/α-hetero) is 1. The number of alkyl carbamates (subject to hydrolysis) is 1. The number of unbranched alkanes of at least 4 members (excludes halogenated alkanes) is 4. The fourth-order valence-corrected chi connectivity index (χ4v) is 12.8. The first-order valence-corrected chi connectivity index (χ1v) is 31.1. The Labute approximate surface area is 506 Å². The minimum atomic E-state index is -1.06. The normalized spacial score (nSPS) is 19.3. The maximum Gasteiger partial charge on any atom is 0.407 e. The molecule has 2 aromatic heterocycles. The second kappa shape index (κ2) is 29.3. The van der Waals surface area contributed by atoms with E-state index in [0.717, 1.165) is 59.1 Å². The molecular formula is C64H82N12O9S. The van der Waals surface area contributed by atoms with Crippen LogP contribution in [-0.4, -0.2) is 116 Å². The smallest absolute Gasteiger partial charge is 0.407 e. The number of aryl methyl sites for hydroxylation is 2. The van der Waals surface area contributed by atoms with Crippen molar-refractivity contribution in [3.63, 3.8) is 0 Å². The average Bonchev–Trinajstić information content (AvgIpc) is 1.62. The molecule has 86 heavy (non-hydrogen) atoms. The van der Waals surface area contributed by atoms with Gasteiger partial charge in [0.15, 0.2) is 11.6 Å². The molecule has 8 amide bonds. The number of nitrogens with zero attached hydrogens (tertiary/aromatic N) is 4. The molecule has 1 aliphatic carbocycles. The maximum atomic E-state index is 14.1. The van der Waals surface area contributed by atoms with E-state index in [1.165, 1.54) is 16.7 Å². The molecule has 8 rings (SSSR count). The number of pyridine rings is 1. The summed E-state index contributed by atoms with van der Waals surface area (Å²) in [5.74, 6) is -0.590. The van der Waals surface area contributed by atoms with E-state index in [2.05, 4.69) is 54.4 Å². The standard InChI is InChI=1S/C64H82N12O9S/c1-6-7-26-50-72-54-55(45-23-15-16-24-46(45)70-57(54)65)75(50)34-19-17-32-68-62(84)85-38-41-28-30-44(31-29-41)69-58(80)47(25-20-33-67-61(66)83)71-59(81)53(40(2)3)73-51(77)27-14-11-18-35-76-52(78)37-49(60(76)82)86-39-48-56(79)63(4)42-21-12-9-8-10-13-22-43(36-42)64(63,5)74-48/h8-10,12-13,15-16,21-24,28-31,36,40,47-49,53,74H,6-7,11,14,17-20,25-27,32-35,37-39H2,1-5H3,(H2,65,70)(H,68,84)(H,69,80)(H,71,81)(H,73,77)(H3,66,67,83). The van der Waals surface area contributed by atoms with Gasteiger partial charge in [-0.15, -0.1) is 11.8 Å². The van der Waals surface area contributed by atoms with Gasteiger partial charge >= 0.3 is 12.1 Å². The number of imide groups is 1. The number of benzene rings is 2. The lowest BCUT2D eigenvalue weighted by Crippen LogP contribution is -2.54. The minimum Gasteiger partial charge on any atom is -0.445 e. The summed E-state index contributed by atoms with van der Waals surface area (Å²) in [5, 5.41) is 17.8. The van der Waals surface area contributed by atoms with Gasteiger partial charge in [-0.2, -0.15) is 0 Å². The van der Waals surface area contributed by atoms with Crippen molar-refractivity contribution >= 4 is 92.6 Å². The fraction of sp³-hybridized carbons (Fsp3) is 0.469. The third kappa shape index (κ3) is 15.1. The van der Waals surface area contributed by atoms with Crippen LogP contribution in [0.5, 0.6) is 0 Å². The molecule has 2 saturated heterocycles. The van der Waals surface area contributed by atoms with Crippen LogP contribution in [0.1, 0.15) is 128 Å². The molecule has 2 aliphatic heterocycles. The summed E-state index contributed by atoms with van der Waals surface area (Å²) >= 11 is 1.33. The van der Waals surface area contributed by atoms with Gasteiger partial charge < -0.3 is 47.4 Å². The molecule has 3 aromatic carbocycles. The van der Waals surface area contributed by atoms with Crippen molar-refractivity contribution in [2.75, 3.05) is 36.4 Å². The molecular weight excluding hydrogens is 1110 g/mol. The van der Waals surface area contributed by atoms with Crippen LogP contribution < -0.4 is 43.4 Å². The average molecular weight is 1200 g/mol. The van der Waals surface area contributed by atoms with Crippen molar-refractivity contribution < 1.29 is 43.1 Å². The number of para-hydroxylation sites is 1. The number of anilines is 2. The Kier molecular flexibility index (Phi) is 21.8. The number of fused-ring (bicyclic) bond motifs is 8. The first-order valence-electron chi connectivity index (χ1n) is 30.0. The van der Waals surface area contributed by atoms with E-state index in [1.54, 1.807) is 38.1 Å². The highest BCUT2D eigenvalue weighted by Crippen LogP contribution is 2.53. The number of rotatable bonds is 29. The third-order valence-corrected chi connectivity index (χ3v) is 18.0. The Hall–Kier alpha value is -8.11. The van der Waals surface area contributed by atoms with Crippen molar-refractivity contribution in [2.24, 2.45) is 11.7 Å². The van der Waals surface area contributed by atoms with Gasteiger partial charge in [0.25, 0.3) is 0 Å². The Morgan fingerprint density at radius 2 is 1.51 bits per heavy atom. The van der Waals surface area contributed by atoms with Crippen LogP contribution in [0.2, 0.25) is 0 Å². The van der Waals surface area contributed by atoms with Crippen molar-refractivity contribution in [1.29, 1.82) is 0 Å². The molecule has 22 heteroatoms. The molecule has 6 unspecified atom stereocenters. The van der Waals surface area contributed by atoms with E-state index in [-0.39, 0.29) is 68.4 Å². The van der Waals surface area contributed by atoms with Gasteiger partial charge in [-0.3, -0.25) is 39.0 Å². The number of aromatic nitrogens is 3. The van der Waals surface area contributed by atoms with Crippen molar-refractivity contribution in [3.8, 4) is 0 Å². The van der Waals surface area contributed by atoms with Crippen LogP contribution in [0.3, 0.4) is 0 Å². The Morgan fingerprint density at radius 3 is 2.26 bits per heavy atom. The summed E-state index contributed by atoms with van der Waals surface area (Å²) in [5.41, 5.74) is 15.7. The summed E-state index contributed by atoms with van der Waals surface area (Å²) in [7, 11) is 0. The summed E-state index contributed by atoms with van der Waals surface area (Å²) in [4.78, 5) is 116. The fourth-order valence-electron chi connectivity index (χ4n) is 11.6. The van der Waals surface area contributed by atoms with E-state index < -0.39 is 58.3 Å². The number of nitrogens with one attached hydrogen (secondary N) is 6. The number of ketones is 1. The molecule has 2 fully saturated rings. The molecule has 458 valence electrons. The SMILES string of the molecule is CCCCc1nc2c(N)nc3ccccc3c2n1CCCCNC(=O)OCc1ccc(NC(=O)C(CCCNC(N)=O)NC(=O)C(NC(=O)CCCCCN2C(=O)CC(SCC3NC4(C)c5cccccccc(c5)C4(C)C3=O)C2=O)C(C)C)cc1. The zero-order valence-corrected chi connectivity index (χ0v) is 50.7. The molecule has 6 atom stereocenters. The van der Waals surface area contributed by atoms with Crippen LogP contribution in [-0.2, 0) is 64.0 Å². The van der Waals surface area contributed by atoms with Crippen LogP contribution in [0.4, 0.5) is 21.1 Å². The van der Waals surface area contributed by atoms with Crippen molar-refractivity contribution in [2.45, 2.75) is 159 Å². The van der Waals surface area contributed by atoms with Gasteiger partial charge in [0.2, 0.25) is 29.5 Å². The number of nitrogens with two attached hydrogens (primary N) is 2. The number of urea groups is 1. The number of primary amides is 1. The Bertz CT molecular complexity index is 3370. The molecule has 0 radical (unpaired) electrons. The summed E-state index contributed by atoms with van der Waals surface area (Å²) in [6, 6.07) is 27.1. The number of imidazole rings is 1. The number of thioether (sulfide) groups is 1. The predicted molar refractivity (Wildman–Crippen MR) is 333 cm³/mol. The van der Waals surface area contributed by atoms with Crippen molar-refractivity contribution in [3.05, 3.63) is 120 Å². The van der Waals surface area contributed by atoms with Crippen LogP contribution in [0.15, 0.2) is 97.1 Å². The molecule has 21 nitrogen and oxygen atoms in total. The first-order chi connectivity index (χ1) is 41.3. The molecule has 4 heterocycles. The van der Waals surface area contributed by atoms with Crippen LogP contribution >= 0.6 is 11.8 Å². The number of nitrogen functional groups attached to an aromatic ring is 1. The predicted octanol–water partition coefficient (Wildman–Crippen LogP) is 7.50. The van der Waals surface area contributed by atoms with E-state index >= 15 is 0 Å². The van der Waals surface area contributed by atoms with E-state index in [0.29, 0.717) is 73.5 Å². The number of carbonyl (C=O) groups is 8. The number of hydrogen-bond acceptors (Lipinski definition) is 14. The number of likely N-dealkylation sites (tertiary alicyclic amines) is 1. The zero-order chi connectivity index (χ0) is 61.5. The lowest BCUT2D eigenvalue weighted by Gasteiger charge is -2.34. The van der Waals surface area contributed by atoms with E-state index in [9.17, 15) is 38.4 Å². The first kappa shape index (κ1) is 63.9. The van der Waals surface area contributed by atoms with Gasteiger partial charge in [-0.05, 0) is 99.6 Å². The van der Waals surface area contributed by atoms with E-state index in [1.807, 2.05) is 80.6 Å². The Balaban J connectivity index is 0.749. The molecule has 10 N–H and O–H groups in total. The lowest BCUT2D eigenvalue weighted by atomic mass is 9.70. The number of hydrogen-bond donors (Lipinski definition) is 8. The summed E-state index contributed by atoms with van der Waals surface area (Å²) < 4.78 is 7.73.